The molecular formula is C13H14F3NO2. The quantitative estimate of drug-likeness (QED) is 0.787. The van der Waals surface area contributed by atoms with Gasteiger partial charge >= 0.3 is 6.18 Å². The van der Waals surface area contributed by atoms with Crippen molar-refractivity contribution in [3.8, 4) is 0 Å². The Morgan fingerprint density at radius 1 is 1.32 bits per heavy atom. The Kier molecular flexibility index (Phi) is 3.80. The fourth-order valence-electron chi connectivity index (χ4n) is 1.99. The monoisotopic (exact) mass is 273 g/mol. The maximum absolute atomic E-state index is 12.4. The molecule has 1 saturated heterocycles. The number of hydrogen-bond acceptors (Lipinski definition) is 2. The predicted octanol–water partition coefficient (Wildman–Crippen LogP) is 2.57. The second kappa shape index (κ2) is 5.21. The van der Waals surface area contributed by atoms with Crippen molar-refractivity contribution in [1.29, 1.82) is 0 Å². The number of rotatable bonds is 1. The molecule has 1 amide bonds. The SMILES string of the molecule is CC1CN(C(=O)c2ccc(C(F)(F)F)cc2)CCO1. The van der Waals surface area contributed by atoms with Gasteiger partial charge in [0.2, 0.25) is 0 Å². The number of carbonyl (C=O) groups is 1. The van der Waals surface area contributed by atoms with Crippen LogP contribution in [-0.2, 0) is 10.9 Å². The molecule has 2 rings (SSSR count). The molecule has 6 heteroatoms. The van der Waals surface area contributed by atoms with Crippen LogP contribution >= 0.6 is 0 Å². The molecule has 19 heavy (non-hydrogen) atoms. The Hall–Kier alpha value is -1.56. The summed E-state index contributed by atoms with van der Waals surface area (Å²) in [6.07, 6.45) is -4.43. The summed E-state index contributed by atoms with van der Waals surface area (Å²) < 4.78 is 42.6. The Balaban J connectivity index is 2.11. The summed E-state index contributed by atoms with van der Waals surface area (Å²) >= 11 is 0. The van der Waals surface area contributed by atoms with Gasteiger partial charge in [-0.25, -0.2) is 0 Å². The van der Waals surface area contributed by atoms with Crippen LogP contribution in [0.4, 0.5) is 13.2 Å². The number of nitrogens with zero attached hydrogens (tertiary/aromatic N) is 1. The number of morpholine rings is 1. The first-order valence-electron chi connectivity index (χ1n) is 5.96. The van der Waals surface area contributed by atoms with E-state index in [1.807, 2.05) is 6.92 Å². The average Bonchev–Trinajstić information content (AvgIpc) is 2.37. The van der Waals surface area contributed by atoms with Crippen LogP contribution in [0, 0.1) is 0 Å². The molecule has 1 atom stereocenters. The Morgan fingerprint density at radius 3 is 2.47 bits per heavy atom. The van der Waals surface area contributed by atoms with Gasteiger partial charge in [0, 0.05) is 18.7 Å². The summed E-state index contributed by atoms with van der Waals surface area (Å²) in [6.45, 7) is 3.23. The van der Waals surface area contributed by atoms with Gasteiger partial charge in [0.15, 0.2) is 0 Å². The lowest BCUT2D eigenvalue weighted by Crippen LogP contribution is -2.44. The van der Waals surface area contributed by atoms with E-state index in [0.29, 0.717) is 19.7 Å². The highest BCUT2D eigenvalue weighted by Gasteiger charge is 2.30. The second-order valence-electron chi connectivity index (χ2n) is 4.51. The summed E-state index contributed by atoms with van der Waals surface area (Å²) in [5.74, 6) is -0.260. The third-order valence-electron chi connectivity index (χ3n) is 2.99. The average molecular weight is 273 g/mol. The molecule has 0 saturated carbocycles. The highest BCUT2D eigenvalue weighted by atomic mass is 19.4. The molecule has 1 aromatic rings. The summed E-state index contributed by atoms with van der Waals surface area (Å²) in [5.41, 5.74) is -0.485. The van der Waals surface area contributed by atoms with E-state index in [9.17, 15) is 18.0 Å². The molecule has 0 aliphatic carbocycles. The minimum absolute atomic E-state index is 0.0489. The number of benzene rings is 1. The van der Waals surface area contributed by atoms with Crippen LogP contribution in [0.2, 0.25) is 0 Å². The van der Waals surface area contributed by atoms with E-state index in [4.69, 9.17) is 4.74 Å². The number of carbonyl (C=O) groups excluding carboxylic acids is 1. The van der Waals surface area contributed by atoms with Crippen LogP contribution in [0.15, 0.2) is 24.3 Å². The van der Waals surface area contributed by atoms with Gasteiger partial charge in [-0.05, 0) is 31.2 Å². The Bertz CT molecular complexity index is 456. The van der Waals surface area contributed by atoms with Gasteiger partial charge in [-0.15, -0.1) is 0 Å². The first kappa shape index (κ1) is 13.9. The molecule has 104 valence electrons. The third kappa shape index (κ3) is 3.26. The fourth-order valence-corrected chi connectivity index (χ4v) is 1.99. The standard InChI is InChI=1S/C13H14F3NO2/c1-9-8-17(6-7-19-9)12(18)10-2-4-11(5-3-10)13(14,15)16/h2-5,9H,6-8H2,1H3. The van der Waals surface area contributed by atoms with Crippen LogP contribution in [0.5, 0.6) is 0 Å². The summed E-state index contributed by atoms with van der Waals surface area (Å²) in [6, 6.07) is 4.28. The highest BCUT2D eigenvalue weighted by Crippen LogP contribution is 2.29. The molecule has 0 spiro atoms. The van der Waals surface area contributed by atoms with Crippen molar-refractivity contribution < 1.29 is 22.7 Å². The number of ether oxygens (including phenoxy) is 1. The number of halogens is 3. The minimum Gasteiger partial charge on any atom is -0.375 e. The first-order chi connectivity index (χ1) is 8.88. The maximum Gasteiger partial charge on any atom is 0.416 e. The second-order valence-corrected chi connectivity index (χ2v) is 4.51. The topological polar surface area (TPSA) is 29.5 Å². The zero-order valence-electron chi connectivity index (χ0n) is 10.4. The lowest BCUT2D eigenvalue weighted by Gasteiger charge is -2.31. The van der Waals surface area contributed by atoms with Gasteiger partial charge in [0.1, 0.15) is 0 Å². The van der Waals surface area contributed by atoms with Crippen molar-refractivity contribution in [1.82, 2.24) is 4.90 Å². The fraction of sp³-hybridized carbons (Fsp3) is 0.462. The first-order valence-corrected chi connectivity index (χ1v) is 5.96. The third-order valence-corrected chi connectivity index (χ3v) is 2.99. The van der Waals surface area contributed by atoms with Crippen LogP contribution in [0.1, 0.15) is 22.8 Å². The molecule has 0 N–H and O–H groups in total. The Morgan fingerprint density at radius 2 is 1.95 bits per heavy atom. The summed E-state index contributed by atoms with van der Waals surface area (Å²) in [4.78, 5) is 13.7. The van der Waals surface area contributed by atoms with E-state index < -0.39 is 11.7 Å². The normalized spacial score (nSPS) is 20.4. The van der Waals surface area contributed by atoms with Crippen molar-refractivity contribution in [3.05, 3.63) is 35.4 Å². The molecule has 1 aliphatic heterocycles. The number of alkyl halides is 3. The number of amides is 1. The molecule has 1 aliphatic rings. The molecule has 0 radical (unpaired) electrons. The molecule has 3 nitrogen and oxygen atoms in total. The van der Waals surface area contributed by atoms with E-state index >= 15 is 0 Å². The van der Waals surface area contributed by atoms with Gasteiger partial charge in [-0.1, -0.05) is 0 Å². The van der Waals surface area contributed by atoms with Crippen LogP contribution < -0.4 is 0 Å². The van der Waals surface area contributed by atoms with E-state index in [1.54, 1.807) is 4.90 Å². The maximum atomic E-state index is 12.4. The molecule has 0 aromatic heterocycles. The van der Waals surface area contributed by atoms with Crippen molar-refractivity contribution in [2.75, 3.05) is 19.7 Å². The van der Waals surface area contributed by atoms with E-state index in [-0.39, 0.29) is 17.6 Å². The lowest BCUT2D eigenvalue weighted by molar-refractivity contribution is -0.137. The van der Waals surface area contributed by atoms with Crippen molar-refractivity contribution >= 4 is 5.91 Å². The largest absolute Gasteiger partial charge is 0.416 e. The van der Waals surface area contributed by atoms with Gasteiger partial charge in [-0.3, -0.25) is 4.79 Å². The van der Waals surface area contributed by atoms with Crippen molar-refractivity contribution in [2.24, 2.45) is 0 Å². The smallest absolute Gasteiger partial charge is 0.375 e. The van der Waals surface area contributed by atoms with Crippen molar-refractivity contribution in [2.45, 2.75) is 19.2 Å². The predicted molar refractivity (Wildman–Crippen MR) is 62.8 cm³/mol. The lowest BCUT2D eigenvalue weighted by atomic mass is 10.1. The van der Waals surface area contributed by atoms with E-state index in [1.165, 1.54) is 12.1 Å². The summed E-state index contributed by atoms with van der Waals surface area (Å²) in [5, 5.41) is 0. The van der Waals surface area contributed by atoms with Gasteiger partial charge in [0.05, 0.1) is 18.3 Å². The van der Waals surface area contributed by atoms with Crippen LogP contribution in [0.3, 0.4) is 0 Å². The minimum atomic E-state index is -4.38. The molecule has 0 bridgehead atoms. The molecule has 1 fully saturated rings. The zero-order chi connectivity index (χ0) is 14.0. The zero-order valence-corrected chi connectivity index (χ0v) is 10.4. The van der Waals surface area contributed by atoms with E-state index in [0.717, 1.165) is 12.1 Å². The molecule has 1 heterocycles. The molecule has 1 unspecified atom stereocenters. The highest BCUT2D eigenvalue weighted by molar-refractivity contribution is 5.94. The number of hydrogen-bond donors (Lipinski definition) is 0. The molecular weight excluding hydrogens is 259 g/mol. The van der Waals surface area contributed by atoms with Gasteiger partial charge < -0.3 is 9.64 Å². The summed E-state index contributed by atoms with van der Waals surface area (Å²) in [7, 11) is 0. The molecule has 1 aromatic carbocycles. The van der Waals surface area contributed by atoms with Crippen LogP contribution in [0.25, 0.3) is 0 Å². The Labute approximate surface area is 109 Å². The van der Waals surface area contributed by atoms with Gasteiger partial charge in [0.25, 0.3) is 5.91 Å². The van der Waals surface area contributed by atoms with E-state index in [2.05, 4.69) is 0 Å². The van der Waals surface area contributed by atoms with Gasteiger partial charge in [-0.2, -0.15) is 13.2 Å². The van der Waals surface area contributed by atoms with Crippen LogP contribution in [-0.4, -0.2) is 36.6 Å². The van der Waals surface area contributed by atoms with Crippen molar-refractivity contribution in [3.63, 3.8) is 0 Å².